The number of aliphatic hydroxyl groups is 1. The molecule has 0 aliphatic carbocycles. The molecule has 1 aliphatic rings. The van der Waals surface area contributed by atoms with Crippen LogP contribution in [0, 0.1) is 5.92 Å². The van der Waals surface area contributed by atoms with Gasteiger partial charge in [0.15, 0.2) is 0 Å². The first-order chi connectivity index (χ1) is 6.29. The third-order valence-corrected chi connectivity index (χ3v) is 2.93. The minimum atomic E-state index is -0.207. The van der Waals surface area contributed by atoms with Crippen molar-refractivity contribution in [3.8, 4) is 0 Å². The van der Waals surface area contributed by atoms with Gasteiger partial charge in [-0.2, -0.15) is 0 Å². The van der Waals surface area contributed by atoms with Crippen LogP contribution in [0.2, 0.25) is 0 Å². The quantitative estimate of drug-likeness (QED) is 0.489. The van der Waals surface area contributed by atoms with Crippen molar-refractivity contribution in [2.24, 2.45) is 5.92 Å². The summed E-state index contributed by atoms with van der Waals surface area (Å²) in [7, 11) is 0. The van der Waals surface area contributed by atoms with E-state index in [-0.39, 0.29) is 12.2 Å². The molecule has 0 amide bonds. The lowest BCUT2D eigenvalue weighted by Crippen LogP contribution is -2.25. The molecule has 3 unspecified atom stereocenters. The Bertz CT molecular complexity index is 132. The molecule has 1 fully saturated rings. The normalized spacial score (nSPS) is 25.6. The van der Waals surface area contributed by atoms with E-state index in [1.54, 1.807) is 0 Å². The molecule has 0 aromatic heterocycles. The fourth-order valence-corrected chi connectivity index (χ4v) is 1.83. The van der Waals surface area contributed by atoms with E-state index in [9.17, 15) is 5.11 Å². The van der Waals surface area contributed by atoms with Crippen molar-refractivity contribution in [1.82, 2.24) is 0 Å². The van der Waals surface area contributed by atoms with E-state index >= 15 is 0 Å². The van der Waals surface area contributed by atoms with Gasteiger partial charge in [0.25, 0.3) is 0 Å². The summed E-state index contributed by atoms with van der Waals surface area (Å²) in [5, 5.41) is 9.82. The molecule has 0 radical (unpaired) electrons. The SMILES string of the molecule is CCCCCC(CC)C(O)C1CO1. The van der Waals surface area contributed by atoms with Gasteiger partial charge in [0, 0.05) is 0 Å². The van der Waals surface area contributed by atoms with Crippen LogP contribution in [0.5, 0.6) is 0 Å². The van der Waals surface area contributed by atoms with E-state index in [2.05, 4.69) is 13.8 Å². The average molecular weight is 186 g/mol. The molecule has 2 nitrogen and oxygen atoms in total. The van der Waals surface area contributed by atoms with Crippen molar-refractivity contribution in [2.45, 2.75) is 58.2 Å². The summed E-state index contributed by atoms with van der Waals surface area (Å²) >= 11 is 0. The topological polar surface area (TPSA) is 32.8 Å². The standard InChI is InChI=1S/C11H22O2/c1-3-5-6-7-9(4-2)11(12)10-8-13-10/h9-12H,3-8H2,1-2H3. The molecule has 0 bridgehead atoms. The number of hydrogen-bond donors (Lipinski definition) is 1. The van der Waals surface area contributed by atoms with Gasteiger partial charge in [-0.25, -0.2) is 0 Å². The van der Waals surface area contributed by atoms with Gasteiger partial charge in [-0.1, -0.05) is 39.5 Å². The second-order valence-corrected chi connectivity index (χ2v) is 4.03. The van der Waals surface area contributed by atoms with E-state index in [4.69, 9.17) is 4.74 Å². The smallest absolute Gasteiger partial charge is 0.107 e. The first-order valence-electron chi connectivity index (χ1n) is 5.59. The van der Waals surface area contributed by atoms with Crippen molar-refractivity contribution in [3.63, 3.8) is 0 Å². The zero-order valence-corrected chi connectivity index (χ0v) is 8.83. The third kappa shape index (κ3) is 3.65. The van der Waals surface area contributed by atoms with Crippen LogP contribution in [-0.2, 0) is 4.74 Å². The molecular formula is C11H22O2. The van der Waals surface area contributed by atoms with Gasteiger partial charge < -0.3 is 9.84 Å². The maximum absolute atomic E-state index is 9.82. The fourth-order valence-electron chi connectivity index (χ4n) is 1.83. The lowest BCUT2D eigenvalue weighted by Gasteiger charge is -2.19. The average Bonchev–Trinajstić information content (AvgIpc) is 2.94. The lowest BCUT2D eigenvalue weighted by atomic mass is 9.91. The maximum atomic E-state index is 9.82. The van der Waals surface area contributed by atoms with Gasteiger partial charge >= 0.3 is 0 Å². The minimum absolute atomic E-state index is 0.159. The van der Waals surface area contributed by atoms with Crippen molar-refractivity contribution in [2.75, 3.05) is 6.61 Å². The Kier molecular flexibility index (Phi) is 4.74. The van der Waals surface area contributed by atoms with Crippen molar-refractivity contribution in [1.29, 1.82) is 0 Å². The molecule has 0 aromatic rings. The molecule has 0 saturated carbocycles. The molecule has 3 atom stereocenters. The lowest BCUT2D eigenvalue weighted by molar-refractivity contribution is 0.0695. The number of ether oxygens (including phenoxy) is 1. The van der Waals surface area contributed by atoms with E-state index in [0.717, 1.165) is 19.4 Å². The van der Waals surface area contributed by atoms with Crippen LogP contribution >= 0.6 is 0 Å². The molecule has 78 valence electrons. The van der Waals surface area contributed by atoms with E-state index in [1.807, 2.05) is 0 Å². The zero-order chi connectivity index (χ0) is 9.68. The van der Waals surface area contributed by atoms with Crippen LogP contribution in [0.25, 0.3) is 0 Å². The summed E-state index contributed by atoms with van der Waals surface area (Å²) in [6, 6.07) is 0. The molecule has 1 rings (SSSR count). The Morgan fingerprint density at radius 1 is 1.38 bits per heavy atom. The Hall–Kier alpha value is -0.0800. The third-order valence-electron chi connectivity index (χ3n) is 2.93. The zero-order valence-electron chi connectivity index (χ0n) is 8.83. The van der Waals surface area contributed by atoms with Crippen molar-refractivity contribution < 1.29 is 9.84 Å². The second-order valence-electron chi connectivity index (χ2n) is 4.03. The summed E-state index contributed by atoms with van der Waals surface area (Å²) in [6.45, 7) is 5.13. The van der Waals surface area contributed by atoms with Crippen LogP contribution in [-0.4, -0.2) is 23.9 Å². The molecule has 2 heteroatoms. The molecule has 1 heterocycles. The first-order valence-corrected chi connectivity index (χ1v) is 5.59. The van der Waals surface area contributed by atoms with Crippen molar-refractivity contribution >= 4 is 0 Å². The number of hydrogen-bond acceptors (Lipinski definition) is 2. The van der Waals surface area contributed by atoms with E-state index in [1.165, 1.54) is 19.3 Å². The number of epoxide rings is 1. The largest absolute Gasteiger partial charge is 0.390 e. The molecular weight excluding hydrogens is 164 g/mol. The summed E-state index contributed by atoms with van der Waals surface area (Å²) in [5.74, 6) is 0.457. The molecule has 1 aliphatic heterocycles. The highest BCUT2D eigenvalue weighted by molar-refractivity contribution is 4.83. The van der Waals surface area contributed by atoms with Crippen LogP contribution < -0.4 is 0 Å². The highest BCUT2D eigenvalue weighted by atomic mass is 16.6. The van der Waals surface area contributed by atoms with Crippen LogP contribution in [0.15, 0.2) is 0 Å². The van der Waals surface area contributed by atoms with Gasteiger partial charge in [-0.15, -0.1) is 0 Å². The second kappa shape index (κ2) is 5.61. The highest BCUT2D eigenvalue weighted by Gasteiger charge is 2.35. The molecule has 1 saturated heterocycles. The summed E-state index contributed by atoms with van der Waals surface area (Å²) < 4.78 is 5.11. The van der Waals surface area contributed by atoms with E-state index in [0.29, 0.717) is 5.92 Å². The summed E-state index contributed by atoms with van der Waals surface area (Å²) in [6.07, 6.45) is 5.98. The Labute approximate surface area is 81.3 Å². The van der Waals surface area contributed by atoms with Gasteiger partial charge in [0.05, 0.1) is 12.7 Å². The van der Waals surface area contributed by atoms with Crippen LogP contribution in [0.4, 0.5) is 0 Å². The highest BCUT2D eigenvalue weighted by Crippen LogP contribution is 2.26. The predicted molar refractivity (Wildman–Crippen MR) is 53.7 cm³/mol. The van der Waals surface area contributed by atoms with Gasteiger partial charge in [-0.05, 0) is 12.3 Å². The van der Waals surface area contributed by atoms with Crippen molar-refractivity contribution in [3.05, 3.63) is 0 Å². The number of rotatable bonds is 7. The van der Waals surface area contributed by atoms with Gasteiger partial charge in [-0.3, -0.25) is 0 Å². The first kappa shape index (κ1) is 11.0. The summed E-state index contributed by atoms with van der Waals surface area (Å²) in [4.78, 5) is 0. The number of aliphatic hydroxyl groups excluding tert-OH is 1. The van der Waals surface area contributed by atoms with Gasteiger partial charge in [0.1, 0.15) is 6.10 Å². The molecule has 0 aromatic carbocycles. The Balaban J connectivity index is 2.16. The van der Waals surface area contributed by atoms with Gasteiger partial charge in [0.2, 0.25) is 0 Å². The Morgan fingerprint density at radius 3 is 2.54 bits per heavy atom. The fraction of sp³-hybridized carbons (Fsp3) is 1.00. The predicted octanol–water partition coefficient (Wildman–Crippen LogP) is 2.35. The minimum Gasteiger partial charge on any atom is -0.390 e. The number of unbranched alkanes of at least 4 members (excludes halogenated alkanes) is 2. The molecule has 13 heavy (non-hydrogen) atoms. The monoisotopic (exact) mass is 186 g/mol. The maximum Gasteiger partial charge on any atom is 0.107 e. The molecule has 0 spiro atoms. The van der Waals surface area contributed by atoms with Crippen LogP contribution in [0.3, 0.4) is 0 Å². The van der Waals surface area contributed by atoms with E-state index < -0.39 is 0 Å². The molecule has 1 N–H and O–H groups in total. The summed E-state index contributed by atoms with van der Waals surface area (Å²) in [5.41, 5.74) is 0. The van der Waals surface area contributed by atoms with Crippen LogP contribution in [0.1, 0.15) is 46.0 Å². The Morgan fingerprint density at radius 2 is 2.08 bits per heavy atom.